The number of amides is 1. The van der Waals surface area contributed by atoms with Crippen molar-refractivity contribution in [1.82, 2.24) is 15.3 Å². The van der Waals surface area contributed by atoms with E-state index in [1.807, 2.05) is 6.07 Å². The van der Waals surface area contributed by atoms with E-state index in [9.17, 15) is 4.79 Å². The first-order chi connectivity index (χ1) is 16.1. The van der Waals surface area contributed by atoms with Gasteiger partial charge in [0.25, 0.3) is 5.91 Å². The third-order valence-corrected chi connectivity index (χ3v) is 6.71. The average Bonchev–Trinajstić information content (AvgIpc) is 3.59. The van der Waals surface area contributed by atoms with Gasteiger partial charge in [0, 0.05) is 24.0 Å². The van der Waals surface area contributed by atoms with Gasteiger partial charge >= 0.3 is 0 Å². The van der Waals surface area contributed by atoms with Gasteiger partial charge in [0.1, 0.15) is 5.56 Å². The van der Waals surface area contributed by atoms with Crippen LogP contribution in [0.3, 0.4) is 0 Å². The Balaban J connectivity index is 1.26. The van der Waals surface area contributed by atoms with Gasteiger partial charge in [0.2, 0.25) is 17.5 Å². The first-order valence-electron chi connectivity index (χ1n) is 10.7. The van der Waals surface area contributed by atoms with Gasteiger partial charge in [0.15, 0.2) is 6.73 Å². The SMILES string of the molecule is [C-]#[N+]c1cccc(Cl)c1N1COc2nc(Nc3ccc4c(c3)CCNC43CC3)ncc2C1=O. The molecule has 1 spiro atoms. The number of ether oxygens (including phenoxy) is 1. The second-order valence-corrected chi connectivity index (χ2v) is 8.80. The van der Waals surface area contributed by atoms with Gasteiger partial charge < -0.3 is 15.4 Å². The number of benzene rings is 2. The lowest BCUT2D eigenvalue weighted by molar-refractivity contribution is 0.0933. The number of carbonyl (C=O) groups excluding carboxylic acids is 1. The van der Waals surface area contributed by atoms with Crippen LogP contribution in [0.4, 0.5) is 23.0 Å². The molecule has 1 aliphatic carbocycles. The standard InChI is InChI=1S/C24H19ClN6O2/c1-26-19-4-2-3-18(25)20(19)31-13-33-21-16(22(31)32)12-27-23(30-21)29-15-5-6-17-14(11-15)7-10-28-24(17)8-9-24/h2-6,11-12,28H,7-10,13H2,(H,27,29,30). The zero-order valence-electron chi connectivity index (χ0n) is 17.6. The smallest absolute Gasteiger partial charge is 0.267 e. The molecular formula is C24H19ClN6O2. The normalized spacial score (nSPS) is 17.6. The van der Waals surface area contributed by atoms with Crippen molar-refractivity contribution in [3.8, 4) is 5.88 Å². The maximum Gasteiger partial charge on any atom is 0.267 e. The molecule has 0 unspecified atom stereocenters. The molecule has 1 aromatic heterocycles. The Morgan fingerprint density at radius 3 is 2.97 bits per heavy atom. The topological polar surface area (TPSA) is 83.7 Å². The Kier molecular flexibility index (Phi) is 4.50. The summed E-state index contributed by atoms with van der Waals surface area (Å²) in [6.45, 7) is 8.27. The van der Waals surface area contributed by atoms with Gasteiger partial charge in [-0.25, -0.2) is 9.83 Å². The molecule has 0 radical (unpaired) electrons. The van der Waals surface area contributed by atoms with Gasteiger partial charge in [-0.1, -0.05) is 29.8 Å². The largest absolute Gasteiger partial charge is 0.455 e. The van der Waals surface area contributed by atoms with Gasteiger partial charge in [-0.3, -0.25) is 9.69 Å². The fourth-order valence-corrected chi connectivity index (χ4v) is 4.89. The lowest BCUT2D eigenvalue weighted by Gasteiger charge is -2.29. The number of anilines is 3. The summed E-state index contributed by atoms with van der Waals surface area (Å²) in [5, 5.41) is 7.17. The monoisotopic (exact) mass is 458 g/mol. The maximum absolute atomic E-state index is 13.1. The van der Waals surface area contributed by atoms with Crippen LogP contribution in [0.25, 0.3) is 4.85 Å². The van der Waals surface area contributed by atoms with E-state index in [2.05, 4.69) is 37.6 Å². The van der Waals surface area contributed by atoms with Gasteiger partial charge in [-0.2, -0.15) is 4.98 Å². The lowest BCUT2D eigenvalue weighted by Crippen LogP contribution is -2.39. The molecule has 33 heavy (non-hydrogen) atoms. The van der Waals surface area contributed by atoms with Gasteiger partial charge in [0.05, 0.1) is 17.3 Å². The van der Waals surface area contributed by atoms with Crippen molar-refractivity contribution in [2.24, 2.45) is 0 Å². The zero-order chi connectivity index (χ0) is 22.6. The molecule has 3 aliphatic rings. The van der Waals surface area contributed by atoms with Crippen LogP contribution in [-0.4, -0.2) is 29.2 Å². The molecule has 1 saturated carbocycles. The number of aromatic nitrogens is 2. The predicted molar refractivity (Wildman–Crippen MR) is 124 cm³/mol. The number of rotatable bonds is 3. The van der Waals surface area contributed by atoms with Crippen molar-refractivity contribution in [3.05, 3.63) is 75.7 Å². The Morgan fingerprint density at radius 1 is 1.27 bits per heavy atom. The quantitative estimate of drug-likeness (QED) is 0.560. The average molecular weight is 459 g/mol. The highest BCUT2D eigenvalue weighted by Crippen LogP contribution is 2.49. The third-order valence-electron chi connectivity index (χ3n) is 6.40. The van der Waals surface area contributed by atoms with Crippen LogP contribution in [0, 0.1) is 6.57 Å². The van der Waals surface area contributed by atoms with E-state index in [0.29, 0.717) is 16.7 Å². The molecule has 1 amide bonds. The minimum atomic E-state index is -0.364. The summed E-state index contributed by atoms with van der Waals surface area (Å²) in [6, 6.07) is 11.3. The second kappa shape index (κ2) is 7.44. The fraction of sp³-hybridized carbons (Fsp3) is 0.250. The molecule has 164 valence electrons. The highest BCUT2D eigenvalue weighted by atomic mass is 35.5. The molecule has 6 rings (SSSR count). The highest BCUT2D eigenvalue weighted by Gasteiger charge is 2.46. The second-order valence-electron chi connectivity index (χ2n) is 8.39. The Labute approximate surface area is 195 Å². The van der Waals surface area contributed by atoms with Crippen molar-refractivity contribution >= 4 is 40.5 Å². The van der Waals surface area contributed by atoms with Crippen molar-refractivity contribution in [1.29, 1.82) is 0 Å². The van der Waals surface area contributed by atoms with Crippen LogP contribution < -0.4 is 20.3 Å². The molecule has 3 aromatic rings. The number of hydrogen-bond acceptors (Lipinski definition) is 6. The molecule has 2 aliphatic heterocycles. The number of para-hydroxylation sites is 1. The summed E-state index contributed by atoms with van der Waals surface area (Å²) in [5.41, 5.74) is 4.62. The number of fused-ring (bicyclic) bond motifs is 3. The van der Waals surface area contributed by atoms with E-state index in [1.54, 1.807) is 18.2 Å². The Bertz CT molecular complexity index is 1350. The maximum atomic E-state index is 13.1. The van der Waals surface area contributed by atoms with Crippen LogP contribution >= 0.6 is 11.6 Å². The van der Waals surface area contributed by atoms with E-state index >= 15 is 0 Å². The zero-order valence-corrected chi connectivity index (χ0v) is 18.3. The summed E-state index contributed by atoms with van der Waals surface area (Å²) in [7, 11) is 0. The van der Waals surface area contributed by atoms with E-state index in [4.69, 9.17) is 22.9 Å². The molecule has 1 fully saturated rings. The third kappa shape index (κ3) is 3.28. The Hall–Kier alpha value is -3.67. The molecule has 9 heteroatoms. The summed E-state index contributed by atoms with van der Waals surface area (Å²) in [6.07, 6.45) is 4.80. The van der Waals surface area contributed by atoms with Crippen molar-refractivity contribution in [2.75, 3.05) is 23.5 Å². The van der Waals surface area contributed by atoms with Gasteiger partial charge in [-0.05, 0) is 48.6 Å². The van der Waals surface area contributed by atoms with Crippen molar-refractivity contribution in [2.45, 2.75) is 24.8 Å². The fourth-order valence-electron chi connectivity index (χ4n) is 4.62. The number of nitrogens with one attached hydrogen (secondary N) is 2. The number of carbonyl (C=O) groups is 1. The molecule has 0 bridgehead atoms. The Morgan fingerprint density at radius 2 is 2.15 bits per heavy atom. The molecule has 2 aromatic carbocycles. The van der Waals surface area contributed by atoms with Crippen LogP contribution in [0.2, 0.25) is 5.02 Å². The number of halogens is 1. The highest BCUT2D eigenvalue weighted by molar-refractivity contribution is 6.35. The lowest BCUT2D eigenvalue weighted by atomic mass is 9.92. The van der Waals surface area contributed by atoms with E-state index < -0.39 is 0 Å². The minimum Gasteiger partial charge on any atom is -0.455 e. The minimum absolute atomic E-state index is 0.0948. The molecule has 0 saturated heterocycles. The molecule has 3 heterocycles. The van der Waals surface area contributed by atoms with Crippen LogP contribution in [0.15, 0.2) is 42.6 Å². The number of hydrogen-bond donors (Lipinski definition) is 2. The summed E-state index contributed by atoms with van der Waals surface area (Å²) in [4.78, 5) is 26.7. The van der Waals surface area contributed by atoms with Gasteiger partial charge in [-0.15, -0.1) is 0 Å². The first-order valence-corrected chi connectivity index (χ1v) is 11.1. The molecule has 0 atom stereocenters. The van der Waals surface area contributed by atoms with E-state index in [0.717, 1.165) is 18.7 Å². The van der Waals surface area contributed by atoms with E-state index in [-0.39, 0.29) is 35.3 Å². The summed E-state index contributed by atoms with van der Waals surface area (Å²) >= 11 is 6.28. The first kappa shape index (κ1) is 20.0. The van der Waals surface area contributed by atoms with Crippen LogP contribution in [0.5, 0.6) is 5.88 Å². The molecular weight excluding hydrogens is 440 g/mol. The van der Waals surface area contributed by atoms with Crippen molar-refractivity contribution in [3.63, 3.8) is 0 Å². The summed E-state index contributed by atoms with van der Waals surface area (Å²) in [5.74, 6) is 0.186. The molecule has 8 nitrogen and oxygen atoms in total. The van der Waals surface area contributed by atoms with Crippen LogP contribution in [0.1, 0.15) is 34.3 Å². The van der Waals surface area contributed by atoms with Crippen LogP contribution in [-0.2, 0) is 12.0 Å². The van der Waals surface area contributed by atoms with E-state index in [1.165, 1.54) is 35.1 Å². The predicted octanol–water partition coefficient (Wildman–Crippen LogP) is 4.56. The number of nitrogens with zero attached hydrogens (tertiary/aromatic N) is 4. The molecule has 2 N–H and O–H groups in total. The summed E-state index contributed by atoms with van der Waals surface area (Å²) < 4.78 is 5.76. The van der Waals surface area contributed by atoms with Crippen molar-refractivity contribution < 1.29 is 9.53 Å².